The molecule has 0 fully saturated rings. The fourth-order valence-electron chi connectivity index (χ4n) is 2.16. The van der Waals surface area contributed by atoms with Gasteiger partial charge in [-0.15, -0.1) is 0 Å². The van der Waals surface area contributed by atoms with Crippen molar-refractivity contribution in [1.82, 2.24) is 9.47 Å². The predicted molar refractivity (Wildman–Crippen MR) is 78.0 cm³/mol. The van der Waals surface area contributed by atoms with E-state index in [9.17, 15) is 9.18 Å². The first-order valence-electron chi connectivity index (χ1n) is 6.59. The summed E-state index contributed by atoms with van der Waals surface area (Å²) in [6, 6.07) is 10.3. The Morgan fingerprint density at radius 1 is 1.30 bits per heavy atom. The third-order valence-electron chi connectivity index (χ3n) is 3.62. The van der Waals surface area contributed by atoms with E-state index in [4.69, 9.17) is 0 Å². The van der Waals surface area contributed by atoms with Gasteiger partial charge in [0.1, 0.15) is 5.82 Å². The third-order valence-corrected chi connectivity index (χ3v) is 3.62. The van der Waals surface area contributed by atoms with Crippen molar-refractivity contribution in [2.24, 2.45) is 7.05 Å². The van der Waals surface area contributed by atoms with Crippen molar-refractivity contribution in [1.29, 1.82) is 0 Å². The van der Waals surface area contributed by atoms with Gasteiger partial charge in [-0.3, -0.25) is 9.69 Å². The molecule has 3 nitrogen and oxygen atoms in total. The van der Waals surface area contributed by atoms with Crippen LogP contribution in [0.4, 0.5) is 4.39 Å². The number of nitrogens with zero attached hydrogens (tertiary/aromatic N) is 2. The molecule has 0 radical (unpaired) electrons. The van der Waals surface area contributed by atoms with Gasteiger partial charge in [0.05, 0.1) is 0 Å². The van der Waals surface area contributed by atoms with E-state index < -0.39 is 0 Å². The standard InChI is InChI=1S/C16H19FN2O/c1-12(14-6-4-5-7-15(14)17)19(3)11-13-8-9-18(2)16(20)10-13/h4-10,12H,11H2,1-3H3. The smallest absolute Gasteiger partial charge is 0.250 e. The summed E-state index contributed by atoms with van der Waals surface area (Å²) >= 11 is 0. The minimum Gasteiger partial charge on any atom is -0.319 e. The third kappa shape index (κ3) is 3.14. The number of hydrogen-bond acceptors (Lipinski definition) is 2. The van der Waals surface area contributed by atoms with E-state index in [2.05, 4.69) is 0 Å². The van der Waals surface area contributed by atoms with Gasteiger partial charge >= 0.3 is 0 Å². The minimum absolute atomic E-state index is 0.0329. The number of halogens is 1. The van der Waals surface area contributed by atoms with E-state index in [0.29, 0.717) is 12.1 Å². The molecule has 2 aromatic rings. The lowest BCUT2D eigenvalue weighted by atomic mass is 10.1. The molecular weight excluding hydrogens is 255 g/mol. The molecule has 1 aromatic carbocycles. The molecule has 106 valence electrons. The van der Waals surface area contributed by atoms with Gasteiger partial charge in [0.25, 0.3) is 5.56 Å². The van der Waals surface area contributed by atoms with Gasteiger partial charge in [-0.1, -0.05) is 18.2 Å². The highest BCUT2D eigenvalue weighted by Gasteiger charge is 2.15. The number of aryl methyl sites for hydroxylation is 1. The molecule has 0 saturated heterocycles. The van der Waals surface area contributed by atoms with Crippen LogP contribution in [0.2, 0.25) is 0 Å². The van der Waals surface area contributed by atoms with E-state index >= 15 is 0 Å². The molecule has 0 amide bonds. The molecule has 1 heterocycles. The van der Waals surface area contributed by atoms with Crippen molar-refractivity contribution in [2.45, 2.75) is 19.5 Å². The topological polar surface area (TPSA) is 25.2 Å². The summed E-state index contributed by atoms with van der Waals surface area (Å²) in [6.07, 6.45) is 1.75. The van der Waals surface area contributed by atoms with Crippen LogP contribution in [-0.2, 0) is 13.6 Å². The quantitative estimate of drug-likeness (QED) is 0.856. The highest BCUT2D eigenvalue weighted by atomic mass is 19.1. The predicted octanol–water partition coefficient (Wildman–Crippen LogP) is 2.72. The number of aromatic nitrogens is 1. The van der Waals surface area contributed by atoms with Gasteiger partial charge in [-0.2, -0.15) is 0 Å². The Bertz CT molecular complexity index is 651. The maximum atomic E-state index is 13.8. The van der Waals surface area contributed by atoms with E-state index in [0.717, 1.165) is 5.56 Å². The molecule has 4 heteroatoms. The summed E-state index contributed by atoms with van der Waals surface area (Å²) in [5.74, 6) is -0.198. The largest absolute Gasteiger partial charge is 0.319 e. The van der Waals surface area contributed by atoms with Crippen molar-refractivity contribution >= 4 is 0 Å². The molecule has 2 rings (SSSR count). The van der Waals surface area contributed by atoms with E-state index in [1.807, 2.05) is 31.0 Å². The molecule has 0 N–H and O–H groups in total. The second-order valence-corrected chi connectivity index (χ2v) is 5.10. The molecule has 0 aliphatic heterocycles. The van der Waals surface area contributed by atoms with Crippen LogP contribution in [0.15, 0.2) is 47.4 Å². The molecule has 1 unspecified atom stereocenters. The molecule has 0 aliphatic carbocycles. The summed E-state index contributed by atoms with van der Waals surface area (Å²) in [4.78, 5) is 13.6. The van der Waals surface area contributed by atoms with Crippen LogP contribution in [0.1, 0.15) is 24.1 Å². The highest BCUT2D eigenvalue weighted by molar-refractivity contribution is 5.21. The highest BCUT2D eigenvalue weighted by Crippen LogP contribution is 2.22. The van der Waals surface area contributed by atoms with Crippen LogP contribution < -0.4 is 5.56 Å². The molecule has 0 aliphatic rings. The first kappa shape index (κ1) is 14.5. The second kappa shape index (κ2) is 6.01. The summed E-state index contributed by atoms with van der Waals surface area (Å²) in [5.41, 5.74) is 1.56. The molecular formula is C16H19FN2O. The molecule has 20 heavy (non-hydrogen) atoms. The zero-order valence-electron chi connectivity index (χ0n) is 12.0. The number of hydrogen-bond donors (Lipinski definition) is 0. The first-order valence-corrected chi connectivity index (χ1v) is 6.59. The number of benzene rings is 1. The van der Waals surface area contributed by atoms with Crippen molar-refractivity contribution in [2.75, 3.05) is 7.05 Å². The fraction of sp³-hybridized carbons (Fsp3) is 0.312. The normalized spacial score (nSPS) is 12.7. The Kier molecular flexibility index (Phi) is 4.35. The van der Waals surface area contributed by atoms with Crippen molar-refractivity contribution < 1.29 is 4.39 Å². The number of rotatable bonds is 4. The maximum absolute atomic E-state index is 13.8. The minimum atomic E-state index is -0.198. The Morgan fingerprint density at radius 3 is 2.65 bits per heavy atom. The van der Waals surface area contributed by atoms with Crippen LogP contribution in [0.3, 0.4) is 0 Å². The summed E-state index contributed by atoms with van der Waals surface area (Å²) < 4.78 is 15.3. The number of pyridine rings is 1. The molecule has 1 atom stereocenters. The van der Waals surface area contributed by atoms with Crippen LogP contribution >= 0.6 is 0 Å². The fourth-order valence-corrected chi connectivity index (χ4v) is 2.16. The lowest BCUT2D eigenvalue weighted by molar-refractivity contribution is 0.247. The molecule has 0 saturated carbocycles. The maximum Gasteiger partial charge on any atom is 0.250 e. The van der Waals surface area contributed by atoms with Gasteiger partial charge < -0.3 is 4.57 Å². The Hall–Kier alpha value is -1.94. The first-order chi connectivity index (χ1) is 9.49. The Balaban J connectivity index is 2.15. The van der Waals surface area contributed by atoms with Gasteiger partial charge in [0, 0.05) is 37.5 Å². The molecule has 0 spiro atoms. The SMILES string of the molecule is CC(c1ccccc1F)N(C)Cc1ccn(C)c(=O)c1. The zero-order chi connectivity index (χ0) is 14.7. The van der Waals surface area contributed by atoms with Crippen molar-refractivity contribution in [3.63, 3.8) is 0 Å². The van der Waals surface area contributed by atoms with Gasteiger partial charge in [-0.25, -0.2) is 4.39 Å². The molecule has 0 bridgehead atoms. The zero-order valence-corrected chi connectivity index (χ0v) is 12.0. The Morgan fingerprint density at radius 2 is 2.00 bits per heavy atom. The van der Waals surface area contributed by atoms with Crippen LogP contribution in [-0.4, -0.2) is 16.5 Å². The van der Waals surface area contributed by atoms with Gasteiger partial charge in [-0.05, 0) is 31.7 Å². The summed E-state index contributed by atoms with van der Waals surface area (Å²) in [7, 11) is 3.65. The second-order valence-electron chi connectivity index (χ2n) is 5.10. The monoisotopic (exact) mass is 274 g/mol. The van der Waals surface area contributed by atoms with Crippen LogP contribution in [0.5, 0.6) is 0 Å². The lowest BCUT2D eigenvalue weighted by Gasteiger charge is -2.25. The van der Waals surface area contributed by atoms with Crippen LogP contribution in [0, 0.1) is 5.82 Å². The van der Waals surface area contributed by atoms with Crippen molar-refractivity contribution in [3.8, 4) is 0 Å². The summed E-state index contributed by atoms with van der Waals surface area (Å²) in [5, 5.41) is 0. The van der Waals surface area contributed by atoms with E-state index in [1.165, 1.54) is 10.6 Å². The van der Waals surface area contributed by atoms with Crippen molar-refractivity contribution in [3.05, 3.63) is 69.9 Å². The molecule has 1 aromatic heterocycles. The van der Waals surface area contributed by atoms with Crippen LogP contribution in [0.25, 0.3) is 0 Å². The summed E-state index contributed by atoms with van der Waals surface area (Å²) in [6.45, 7) is 2.56. The van der Waals surface area contributed by atoms with E-state index in [-0.39, 0.29) is 17.4 Å². The van der Waals surface area contributed by atoms with E-state index in [1.54, 1.807) is 31.4 Å². The Labute approximate surface area is 118 Å². The van der Waals surface area contributed by atoms with Gasteiger partial charge in [0.15, 0.2) is 0 Å². The lowest BCUT2D eigenvalue weighted by Crippen LogP contribution is -2.24. The van der Waals surface area contributed by atoms with Gasteiger partial charge in [0.2, 0.25) is 0 Å². The average molecular weight is 274 g/mol. The average Bonchev–Trinajstić information content (AvgIpc) is 2.42.